The maximum Gasteiger partial charge on any atom is 0.337 e. The van der Waals surface area contributed by atoms with E-state index in [0.717, 1.165) is 62.2 Å². The van der Waals surface area contributed by atoms with Crippen LogP contribution >= 0.6 is 23.3 Å². The number of hydrogen-bond donors (Lipinski definition) is 0. The van der Waals surface area contributed by atoms with E-state index < -0.39 is 0 Å². The van der Waals surface area contributed by atoms with Crippen molar-refractivity contribution in [1.29, 1.82) is 5.26 Å². The van der Waals surface area contributed by atoms with Gasteiger partial charge in [0.05, 0.1) is 23.9 Å². The SMILES string of the molecule is COC(=O)c1cccc(C2=CC(c3c(-c4ccsc4C#N)c4ccccc4n3Sc3ccc(C)cc3)=CCC2)c1. The standard InChI is InChI=1S/C34H26N2O2S2/c1-22-13-15-27(16-14-22)40-36-30-12-4-3-11-28(30)32(29-17-18-39-31(29)21-35)33(36)25-9-5-7-23(19-25)24-8-6-10-26(20-24)34(37)38-2/h3-4,6,8-20H,5,7H2,1-2H3. The molecule has 2 heterocycles. The van der Waals surface area contributed by atoms with E-state index in [1.165, 1.54) is 24.0 Å². The Kier molecular flexibility index (Phi) is 7.17. The number of carbonyl (C=O) groups is 1. The zero-order valence-corrected chi connectivity index (χ0v) is 23.8. The Morgan fingerprint density at radius 3 is 2.67 bits per heavy atom. The van der Waals surface area contributed by atoms with Crippen LogP contribution in [-0.4, -0.2) is 17.1 Å². The highest BCUT2D eigenvalue weighted by atomic mass is 32.2. The molecule has 4 nitrogen and oxygen atoms in total. The molecule has 6 rings (SSSR count). The molecule has 2 aromatic heterocycles. The van der Waals surface area contributed by atoms with Gasteiger partial charge in [0.15, 0.2) is 0 Å². The number of nitrogens with zero attached hydrogens (tertiary/aromatic N) is 2. The van der Waals surface area contributed by atoms with E-state index in [4.69, 9.17) is 4.74 Å². The number of benzene rings is 3. The summed E-state index contributed by atoms with van der Waals surface area (Å²) in [4.78, 5) is 14.1. The molecule has 0 bridgehead atoms. The Bertz CT molecular complexity index is 1850. The van der Waals surface area contributed by atoms with Gasteiger partial charge < -0.3 is 4.74 Å². The highest BCUT2D eigenvalue weighted by Gasteiger charge is 2.25. The molecule has 1 aliphatic carbocycles. The highest BCUT2D eigenvalue weighted by molar-refractivity contribution is 7.98. The van der Waals surface area contributed by atoms with Gasteiger partial charge in [0.2, 0.25) is 0 Å². The Morgan fingerprint density at radius 2 is 1.88 bits per heavy atom. The maximum absolute atomic E-state index is 12.2. The zero-order valence-electron chi connectivity index (χ0n) is 22.2. The van der Waals surface area contributed by atoms with Crippen molar-refractivity contribution in [2.45, 2.75) is 24.7 Å². The smallest absolute Gasteiger partial charge is 0.337 e. The van der Waals surface area contributed by atoms with Crippen molar-refractivity contribution in [1.82, 2.24) is 3.97 Å². The molecule has 0 atom stereocenters. The molecule has 0 amide bonds. The molecule has 1 aliphatic rings. The monoisotopic (exact) mass is 558 g/mol. The summed E-state index contributed by atoms with van der Waals surface area (Å²) in [7, 11) is 1.40. The van der Waals surface area contributed by atoms with Gasteiger partial charge in [-0.25, -0.2) is 4.79 Å². The van der Waals surface area contributed by atoms with E-state index in [1.807, 2.05) is 23.6 Å². The van der Waals surface area contributed by atoms with Gasteiger partial charge in [-0.15, -0.1) is 11.3 Å². The summed E-state index contributed by atoms with van der Waals surface area (Å²) < 4.78 is 7.27. The van der Waals surface area contributed by atoms with Crippen molar-refractivity contribution in [2.75, 3.05) is 7.11 Å². The maximum atomic E-state index is 12.2. The average molecular weight is 559 g/mol. The van der Waals surface area contributed by atoms with E-state index in [0.29, 0.717) is 10.4 Å². The molecular weight excluding hydrogens is 533 g/mol. The third-order valence-corrected chi connectivity index (χ3v) is 8.99. The van der Waals surface area contributed by atoms with Gasteiger partial charge in [0.1, 0.15) is 10.9 Å². The number of esters is 1. The summed E-state index contributed by atoms with van der Waals surface area (Å²) in [5.41, 5.74) is 9.23. The van der Waals surface area contributed by atoms with Crippen molar-refractivity contribution in [3.8, 4) is 17.2 Å². The van der Waals surface area contributed by atoms with Crippen LogP contribution in [0.3, 0.4) is 0 Å². The fourth-order valence-corrected chi connectivity index (χ4v) is 6.90. The number of thiophene rings is 1. The Labute approximate surface area is 242 Å². The number of ether oxygens (including phenoxy) is 1. The first-order valence-electron chi connectivity index (χ1n) is 13.0. The number of methoxy groups -OCH3 is 1. The predicted molar refractivity (Wildman–Crippen MR) is 165 cm³/mol. The van der Waals surface area contributed by atoms with Crippen molar-refractivity contribution in [3.05, 3.63) is 124 Å². The van der Waals surface area contributed by atoms with Crippen LogP contribution in [0, 0.1) is 18.3 Å². The normalized spacial score (nSPS) is 13.0. The van der Waals surface area contributed by atoms with Crippen molar-refractivity contribution >= 4 is 51.3 Å². The third-order valence-electron chi connectivity index (χ3n) is 7.12. The van der Waals surface area contributed by atoms with Gasteiger partial charge >= 0.3 is 5.97 Å². The summed E-state index contributed by atoms with van der Waals surface area (Å²) in [6.07, 6.45) is 6.27. The predicted octanol–water partition coefficient (Wildman–Crippen LogP) is 9.15. The lowest BCUT2D eigenvalue weighted by Crippen LogP contribution is -2.03. The van der Waals surface area contributed by atoms with Crippen LogP contribution in [0.15, 0.2) is 101 Å². The lowest BCUT2D eigenvalue weighted by atomic mass is 9.89. The van der Waals surface area contributed by atoms with Crippen molar-refractivity contribution in [3.63, 3.8) is 0 Å². The Morgan fingerprint density at radius 1 is 1.05 bits per heavy atom. The van der Waals surface area contributed by atoms with Gasteiger partial charge in [-0.05, 0) is 96.3 Å². The van der Waals surface area contributed by atoms with Crippen molar-refractivity contribution < 1.29 is 9.53 Å². The van der Waals surface area contributed by atoms with E-state index in [9.17, 15) is 10.1 Å². The Balaban J connectivity index is 1.58. The zero-order chi connectivity index (χ0) is 27.6. The van der Waals surface area contributed by atoms with Crippen LogP contribution in [0.5, 0.6) is 0 Å². The quantitative estimate of drug-likeness (QED) is 0.195. The number of aromatic nitrogens is 1. The summed E-state index contributed by atoms with van der Waals surface area (Å²) in [5.74, 6) is -0.340. The minimum atomic E-state index is -0.340. The van der Waals surface area contributed by atoms with Crippen LogP contribution in [0.25, 0.3) is 33.2 Å². The fraction of sp³-hybridized carbons (Fsp3) is 0.118. The number of nitriles is 1. The van der Waals surface area contributed by atoms with Crippen LogP contribution in [0.1, 0.15) is 44.9 Å². The molecule has 0 radical (unpaired) electrons. The van der Waals surface area contributed by atoms with Crippen LogP contribution < -0.4 is 0 Å². The van der Waals surface area contributed by atoms with Crippen molar-refractivity contribution in [2.24, 2.45) is 0 Å². The molecule has 6 heteroatoms. The number of aryl methyl sites for hydroxylation is 1. The molecule has 0 spiro atoms. The number of para-hydroxylation sites is 1. The third kappa shape index (κ3) is 4.79. The number of allylic oxidation sites excluding steroid dienone is 4. The molecule has 0 saturated carbocycles. The van der Waals surface area contributed by atoms with E-state index in [2.05, 4.69) is 83.7 Å². The molecular formula is C34H26N2O2S2. The Hall–Kier alpha value is -4.31. The molecule has 0 aliphatic heterocycles. The second-order valence-electron chi connectivity index (χ2n) is 9.65. The number of carbonyl (C=O) groups excluding carboxylic acids is 1. The lowest BCUT2D eigenvalue weighted by molar-refractivity contribution is 0.0600. The molecule has 196 valence electrons. The number of hydrogen-bond acceptors (Lipinski definition) is 5. The minimum Gasteiger partial charge on any atom is -0.465 e. The first-order valence-corrected chi connectivity index (χ1v) is 14.7. The van der Waals surface area contributed by atoms with E-state index in [1.54, 1.807) is 18.0 Å². The van der Waals surface area contributed by atoms with Gasteiger partial charge in [-0.1, -0.05) is 54.1 Å². The first-order chi connectivity index (χ1) is 19.6. The van der Waals surface area contributed by atoms with Crippen LogP contribution in [0.2, 0.25) is 0 Å². The first kappa shape index (κ1) is 25.9. The fourth-order valence-electron chi connectivity index (χ4n) is 5.20. The molecule has 40 heavy (non-hydrogen) atoms. The number of rotatable bonds is 6. The molecule has 5 aromatic rings. The summed E-state index contributed by atoms with van der Waals surface area (Å²) in [6, 6.07) is 29.1. The average Bonchev–Trinajstić information content (AvgIpc) is 3.60. The lowest BCUT2D eigenvalue weighted by Gasteiger charge is -2.18. The topological polar surface area (TPSA) is 55.0 Å². The molecule has 0 saturated heterocycles. The second-order valence-corrected chi connectivity index (χ2v) is 11.6. The van der Waals surface area contributed by atoms with Gasteiger partial charge in [0.25, 0.3) is 0 Å². The number of fused-ring (bicyclic) bond motifs is 1. The van der Waals surface area contributed by atoms with Crippen LogP contribution in [0.4, 0.5) is 0 Å². The van der Waals surface area contributed by atoms with E-state index in [-0.39, 0.29) is 5.97 Å². The minimum absolute atomic E-state index is 0.340. The van der Waals surface area contributed by atoms with Gasteiger partial charge in [-0.2, -0.15) is 5.26 Å². The van der Waals surface area contributed by atoms with Crippen LogP contribution in [-0.2, 0) is 4.74 Å². The molecule has 0 fully saturated rings. The summed E-state index contributed by atoms with van der Waals surface area (Å²) >= 11 is 3.16. The largest absolute Gasteiger partial charge is 0.465 e. The van der Waals surface area contributed by atoms with E-state index >= 15 is 0 Å². The molecule has 0 unspecified atom stereocenters. The molecule has 3 aromatic carbocycles. The molecule has 0 N–H and O–H groups in total. The summed E-state index contributed by atoms with van der Waals surface area (Å²) in [6.45, 7) is 2.09. The highest BCUT2D eigenvalue weighted by Crippen LogP contribution is 2.46. The van der Waals surface area contributed by atoms with Gasteiger partial charge in [0, 0.05) is 21.4 Å². The van der Waals surface area contributed by atoms with Gasteiger partial charge in [-0.3, -0.25) is 3.97 Å². The second kappa shape index (κ2) is 11.1. The summed E-state index contributed by atoms with van der Waals surface area (Å²) in [5, 5.41) is 13.1.